The van der Waals surface area contributed by atoms with Crippen LogP contribution in [0.4, 0.5) is 11.6 Å². The van der Waals surface area contributed by atoms with Crippen LogP contribution in [0.25, 0.3) is 10.8 Å². The molecule has 0 unspecified atom stereocenters. The third-order valence-electron chi connectivity index (χ3n) is 4.63. The van der Waals surface area contributed by atoms with E-state index in [9.17, 15) is 4.79 Å². The summed E-state index contributed by atoms with van der Waals surface area (Å²) < 4.78 is 1.60. The summed E-state index contributed by atoms with van der Waals surface area (Å²) in [5, 5.41) is 15.5. The third kappa shape index (κ3) is 3.44. The second-order valence-corrected chi connectivity index (χ2v) is 6.72. The van der Waals surface area contributed by atoms with Crippen molar-refractivity contribution >= 4 is 28.3 Å². The Morgan fingerprint density at radius 1 is 1.26 bits per heavy atom. The van der Waals surface area contributed by atoms with Crippen molar-refractivity contribution in [2.75, 3.05) is 17.7 Å². The van der Waals surface area contributed by atoms with E-state index < -0.39 is 0 Å². The highest BCUT2D eigenvalue weighted by Gasteiger charge is 2.39. The highest BCUT2D eigenvalue weighted by atomic mass is 16.2. The number of hydrogen-bond donors (Lipinski definition) is 2. The number of aromatic nitrogens is 5. The van der Waals surface area contributed by atoms with Gasteiger partial charge in [-0.1, -0.05) is 18.1 Å². The van der Waals surface area contributed by atoms with Gasteiger partial charge in [0.2, 0.25) is 5.91 Å². The number of rotatable bonds is 3. The van der Waals surface area contributed by atoms with Crippen LogP contribution < -0.4 is 10.6 Å². The number of hydrogen-bond acceptors (Lipinski definition) is 6. The largest absolute Gasteiger partial charge is 0.373 e. The number of aryl methyl sites for hydroxylation is 1. The molecule has 0 saturated heterocycles. The van der Waals surface area contributed by atoms with E-state index in [4.69, 9.17) is 0 Å². The van der Waals surface area contributed by atoms with Gasteiger partial charge in [-0.25, -0.2) is 9.97 Å². The SMILES string of the molecule is CNc1ncc(C#Cc2cn(C)nn2)c2cc(NC(=O)[C@H]3C[C@H]3C)ncc12. The summed E-state index contributed by atoms with van der Waals surface area (Å²) in [6, 6.07) is 1.84. The number of carbonyl (C=O) groups excluding carboxylic acids is 1. The van der Waals surface area contributed by atoms with E-state index in [0.717, 1.165) is 22.8 Å². The summed E-state index contributed by atoms with van der Waals surface area (Å²) in [4.78, 5) is 21.0. The van der Waals surface area contributed by atoms with Crippen LogP contribution in [0.5, 0.6) is 0 Å². The first-order valence-electron chi connectivity index (χ1n) is 8.71. The topological polar surface area (TPSA) is 97.6 Å². The van der Waals surface area contributed by atoms with Gasteiger partial charge in [-0.2, -0.15) is 0 Å². The smallest absolute Gasteiger partial charge is 0.228 e. The normalized spacial score (nSPS) is 17.9. The number of amides is 1. The standard InChI is InChI=1S/C19H19N7O/c1-11-6-14(11)19(27)23-17-7-15-12(4-5-13-10-26(3)25-24-13)8-22-18(20-2)16(15)9-21-17/h7-11,14H,6H2,1-3H3,(H,20,22)(H,21,23,27)/t11-,14+/m1/s1. The molecule has 2 N–H and O–H groups in total. The second-order valence-electron chi connectivity index (χ2n) is 6.72. The summed E-state index contributed by atoms with van der Waals surface area (Å²) in [5.74, 6) is 7.86. The van der Waals surface area contributed by atoms with E-state index in [1.807, 2.05) is 6.07 Å². The first-order valence-corrected chi connectivity index (χ1v) is 8.71. The molecular weight excluding hydrogens is 342 g/mol. The number of nitrogens with zero attached hydrogens (tertiary/aromatic N) is 5. The van der Waals surface area contributed by atoms with Gasteiger partial charge in [0, 0.05) is 43.2 Å². The maximum absolute atomic E-state index is 12.2. The van der Waals surface area contributed by atoms with Gasteiger partial charge in [0.15, 0.2) is 5.69 Å². The molecule has 136 valence electrons. The van der Waals surface area contributed by atoms with Gasteiger partial charge < -0.3 is 10.6 Å². The van der Waals surface area contributed by atoms with Crippen LogP contribution in [0.15, 0.2) is 24.7 Å². The van der Waals surface area contributed by atoms with E-state index in [-0.39, 0.29) is 11.8 Å². The molecular formula is C19H19N7O. The Morgan fingerprint density at radius 3 is 2.74 bits per heavy atom. The average Bonchev–Trinajstić information content (AvgIpc) is 3.26. The Morgan fingerprint density at radius 2 is 2.07 bits per heavy atom. The molecule has 3 heterocycles. The Labute approximate surface area is 156 Å². The number of carbonyl (C=O) groups is 1. The highest BCUT2D eigenvalue weighted by molar-refractivity contribution is 5.99. The van der Waals surface area contributed by atoms with Crippen LogP contribution in [0, 0.1) is 23.7 Å². The second kappa shape index (κ2) is 6.68. The predicted octanol–water partition coefficient (Wildman–Crippen LogP) is 1.79. The van der Waals surface area contributed by atoms with Crippen LogP contribution in [-0.4, -0.2) is 37.9 Å². The molecule has 8 nitrogen and oxygen atoms in total. The van der Waals surface area contributed by atoms with Crippen molar-refractivity contribution in [1.82, 2.24) is 25.0 Å². The number of fused-ring (bicyclic) bond motifs is 1. The third-order valence-corrected chi connectivity index (χ3v) is 4.63. The van der Waals surface area contributed by atoms with Crippen molar-refractivity contribution in [3.8, 4) is 11.8 Å². The van der Waals surface area contributed by atoms with Crippen LogP contribution >= 0.6 is 0 Å². The fourth-order valence-corrected chi connectivity index (χ4v) is 2.94. The molecule has 3 aromatic rings. The van der Waals surface area contributed by atoms with Gasteiger partial charge in [0.05, 0.1) is 11.8 Å². The molecule has 2 atom stereocenters. The molecule has 0 radical (unpaired) electrons. The van der Waals surface area contributed by atoms with Crippen molar-refractivity contribution < 1.29 is 4.79 Å². The molecule has 3 aromatic heterocycles. The van der Waals surface area contributed by atoms with Crippen LogP contribution in [0.3, 0.4) is 0 Å². The highest BCUT2D eigenvalue weighted by Crippen LogP contribution is 2.38. The minimum absolute atomic E-state index is 0.0180. The molecule has 4 rings (SSSR count). The molecule has 8 heteroatoms. The van der Waals surface area contributed by atoms with E-state index in [1.165, 1.54) is 0 Å². The molecule has 1 aliphatic rings. The maximum Gasteiger partial charge on any atom is 0.228 e. The predicted molar refractivity (Wildman–Crippen MR) is 102 cm³/mol. The Hall–Kier alpha value is -3.47. The first-order chi connectivity index (χ1) is 13.0. The lowest BCUT2D eigenvalue weighted by atomic mass is 10.1. The summed E-state index contributed by atoms with van der Waals surface area (Å²) in [7, 11) is 3.59. The molecule has 27 heavy (non-hydrogen) atoms. The van der Waals surface area contributed by atoms with E-state index in [0.29, 0.717) is 23.2 Å². The fourth-order valence-electron chi connectivity index (χ4n) is 2.94. The molecule has 1 amide bonds. The molecule has 0 aromatic carbocycles. The van der Waals surface area contributed by atoms with Gasteiger partial charge in [-0.15, -0.1) is 5.10 Å². The lowest BCUT2D eigenvalue weighted by Gasteiger charge is -2.09. The van der Waals surface area contributed by atoms with Crippen molar-refractivity contribution in [2.24, 2.45) is 18.9 Å². The zero-order chi connectivity index (χ0) is 19.0. The van der Waals surface area contributed by atoms with Gasteiger partial charge in [0.25, 0.3) is 0 Å². The Kier molecular flexibility index (Phi) is 4.20. The summed E-state index contributed by atoms with van der Waals surface area (Å²) in [6.45, 7) is 2.07. The maximum atomic E-state index is 12.2. The number of pyridine rings is 2. The zero-order valence-electron chi connectivity index (χ0n) is 15.3. The molecule has 0 aliphatic heterocycles. The van der Waals surface area contributed by atoms with E-state index in [1.54, 1.807) is 37.4 Å². The Balaban J connectivity index is 1.72. The summed E-state index contributed by atoms with van der Waals surface area (Å²) >= 11 is 0. The lowest BCUT2D eigenvalue weighted by Crippen LogP contribution is -2.15. The average molecular weight is 361 g/mol. The van der Waals surface area contributed by atoms with Gasteiger partial charge in [-0.05, 0) is 24.3 Å². The van der Waals surface area contributed by atoms with Crippen molar-refractivity contribution in [3.63, 3.8) is 0 Å². The van der Waals surface area contributed by atoms with Gasteiger partial charge in [0.1, 0.15) is 11.6 Å². The quantitative estimate of drug-likeness (QED) is 0.691. The monoisotopic (exact) mass is 361 g/mol. The minimum atomic E-state index is 0.0180. The van der Waals surface area contributed by atoms with Crippen LogP contribution in [0.1, 0.15) is 24.6 Å². The molecule has 0 spiro atoms. The van der Waals surface area contributed by atoms with Crippen molar-refractivity contribution in [1.29, 1.82) is 0 Å². The first kappa shape index (κ1) is 17.0. The fraction of sp³-hybridized carbons (Fsp3) is 0.316. The summed E-state index contributed by atoms with van der Waals surface area (Å²) in [6.07, 6.45) is 6.08. The lowest BCUT2D eigenvalue weighted by molar-refractivity contribution is -0.117. The summed E-state index contributed by atoms with van der Waals surface area (Å²) in [5.41, 5.74) is 1.31. The van der Waals surface area contributed by atoms with Crippen LogP contribution in [-0.2, 0) is 11.8 Å². The van der Waals surface area contributed by atoms with Gasteiger partial charge in [-0.3, -0.25) is 9.48 Å². The number of nitrogens with one attached hydrogen (secondary N) is 2. The van der Waals surface area contributed by atoms with Gasteiger partial charge >= 0.3 is 0 Å². The van der Waals surface area contributed by atoms with E-state index in [2.05, 4.69) is 49.7 Å². The van der Waals surface area contributed by atoms with Crippen molar-refractivity contribution in [2.45, 2.75) is 13.3 Å². The molecule has 1 aliphatic carbocycles. The molecule has 0 bridgehead atoms. The molecule has 1 fully saturated rings. The zero-order valence-corrected chi connectivity index (χ0v) is 15.3. The Bertz CT molecular complexity index is 1090. The van der Waals surface area contributed by atoms with Crippen molar-refractivity contribution in [3.05, 3.63) is 35.9 Å². The van der Waals surface area contributed by atoms with E-state index >= 15 is 0 Å². The number of anilines is 2. The van der Waals surface area contributed by atoms with Crippen LogP contribution in [0.2, 0.25) is 0 Å². The molecule has 1 saturated carbocycles. The minimum Gasteiger partial charge on any atom is -0.373 e.